The molecule has 1 amide bonds. The zero-order valence-electron chi connectivity index (χ0n) is 9.27. The molecule has 0 unspecified atom stereocenters. The predicted octanol–water partition coefficient (Wildman–Crippen LogP) is 0.224. The van der Waals surface area contributed by atoms with Crippen molar-refractivity contribution in [1.29, 1.82) is 0 Å². The van der Waals surface area contributed by atoms with Crippen molar-refractivity contribution in [3.05, 3.63) is 11.3 Å². The van der Waals surface area contributed by atoms with Crippen LogP contribution in [-0.4, -0.2) is 28.9 Å². The van der Waals surface area contributed by atoms with Crippen molar-refractivity contribution in [2.24, 2.45) is 5.73 Å². The molecule has 1 saturated heterocycles. The van der Waals surface area contributed by atoms with Crippen molar-refractivity contribution in [1.82, 2.24) is 9.78 Å². The summed E-state index contributed by atoms with van der Waals surface area (Å²) < 4.78 is 6.98. The quantitative estimate of drug-likeness (QED) is 0.751. The normalized spacial score (nSPS) is 17.6. The Labute approximate surface area is 93.5 Å². The number of aryl methyl sites for hydroxylation is 1. The molecule has 2 rings (SSSR count). The van der Waals surface area contributed by atoms with Crippen LogP contribution in [0.5, 0.6) is 0 Å². The second kappa shape index (κ2) is 4.13. The van der Waals surface area contributed by atoms with E-state index >= 15 is 0 Å². The van der Waals surface area contributed by atoms with E-state index in [1.807, 2.05) is 0 Å². The molecule has 6 nitrogen and oxygen atoms in total. The third-order valence-electron chi connectivity index (χ3n) is 2.91. The minimum Gasteiger partial charge on any atom is -0.383 e. The van der Waals surface area contributed by atoms with E-state index in [1.165, 1.54) is 0 Å². The molecule has 0 saturated carbocycles. The van der Waals surface area contributed by atoms with E-state index in [1.54, 1.807) is 11.6 Å². The first-order valence-corrected chi connectivity index (χ1v) is 5.33. The Kier molecular flexibility index (Phi) is 2.82. The first-order chi connectivity index (χ1) is 7.61. The summed E-state index contributed by atoms with van der Waals surface area (Å²) in [6.45, 7) is 3.15. The zero-order chi connectivity index (χ0) is 11.7. The number of hydrogen-bond donors (Lipinski definition) is 2. The second-order valence-corrected chi connectivity index (χ2v) is 4.00. The summed E-state index contributed by atoms with van der Waals surface area (Å²) in [6.07, 6.45) is 1.73. The summed E-state index contributed by atoms with van der Waals surface area (Å²) in [7, 11) is 0. The Bertz CT molecular complexity index is 407. The van der Waals surface area contributed by atoms with Crippen molar-refractivity contribution in [3.8, 4) is 0 Å². The van der Waals surface area contributed by atoms with Gasteiger partial charge in [-0.05, 0) is 19.8 Å². The lowest BCUT2D eigenvalue weighted by Crippen LogP contribution is -2.22. The van der Waals surface area contributed by atoms with Gasteiger partial charge in [-0.25, -0.2) is 4.68 Å². The van der Waals surface area contributed by atoms with Gasteiger partial charge in [-0.1, -0.05) is 0 Å². The van der Waals surface area contributed by atoms with Crippen LogP contribution >= 0.6 is 0 Å². The number of primary amides is 1. The van der Waals surface area contributed by atoms with Crippen LogP contribution in [0.3, 0.4) is 0 Å². The largest absolute Gasteiger partial charge is 0.383 e. The molecule has 0 aromatic carbocycles. The van der Waals surface area contributed by atoms with Gasteiger partial charge in [-0.3, -0.25) is 4.79 Å². The van der Waals surface area contributed by atoms with Crippen LogP contribution in [0.4, 0.5) is 5.82 Å². The number of amides is 1. The number of anilines is 1. The average Bonchev–Trinajstić information content (AvgIpc) is 2.55. The monoisotopic (exact) mass is 224 g/mol. The summed E-state index contributed by atoms with van der Waals surface area (Å²) in [4.78, 5) is 11.2. The highest BCUT2D eigenvalue weighted by molar-refractivity contribution is 5.98. The molecule has 1 aromatic rings. The highest BCUT2D eigenvalue weighted by atomic mass is 16.5. The molecule has 0 atom stereocenters. The number of carbonyl (C=O) groups is 1. The first-order valence-electron chi connectivity index (χ1n) is 5.33. The van der Waals surface area contributed by atoms with E-state index in [9.17, 15) is 4.79 Å². The fourth-order valence-electron chi connectivity index (χ4n) is 2.08. The lowest BCUT2D eigenvalue weighted by Gasteiger charge is -2.23. The van der Waals surface area contributed by atoms with Gasteiger partial charge in [0.1, 0.15) is 11.4 Å². The lowest BCUT2D eigenvalue weighted by molar-refractivity contribution is 0.0668. The molecule has 1 aromatic heterocycles. The predicted molar refractivity (Wildman–Crippen MR) is 59.0 cm³/mol. The van der Waals surface area contributed by atoms with Crippen LogP contribution in [0.1, 0.15) is 34.9 Å². The molecule has 0 bridgehead atoms. The van der Waals surface area contributed by atoms with Crippen molar-refractivity contribution < 1.29 is 9.53 Å². The minimum absolute atomic E-state index is 0.209. The Balaban J connectivity index is 2.34. The van der Waals surface area contributed by atoms with Gasteiger partial charge in [0.2, 0.25) is 0 Å². The molecule has 0 aliphatic carbocycles. The number of nitrogens with zero attached hydrogens (tertiary/aromatic N) is 2. The second-order valence-electron chi connectivity index (χ2n) is 4.00. The zero-order valence-corrected chi connectivity index (χ0v) is 9.27. The molecule has 0 radical (unpaired) electrons. The number of aromatic nitrogens is 2. The van der Waals surface area contributed by atoms with Gasteiger partial charge in [0.25, 0.3) is 5.91 Å². The molecule has 2 heterocycles. The maximum atomic E-state index is 11.2. The summed E-state index contributed by atoms with van der Waals surface area (Å²) in [6, 6.07) is 0.209. The van der Waals surface area contributed by atoms with Crippen molar-refractivity contribution in [3.63, 3.8) is 0 Å². The van der Waals surface area contributed by atoms with Gasteiger partial charge in [-0.2, -0.15) is 5.10 Å². The molecule has 88 valence electrons. The summed E-state index contributed by atoms with van der Waals surface area (Å²) in [5, 5.41) is 4.29. The number of nitrogen functional groups attached to an aromatic ring is 1. The maximum absolute atomic E-state index is 11.2. The third-order valence-corrected chi connectivity index (χ3v) is 2.91. The summed E-state index contributed by atoms with van der Waals surface area (Å²) >= 11 is 0. The molecule has 0 spiro atoms. The maximum Gasteiger partial charge on any atom is 0.254 e. The third kappa shape index (κ3) is 1.76. The lowest BCUT2D eigenvalue weighted by atomic mass is 10.1. The van der Waals surface area contributed by atoms with Crippen molar-refractivity contribution in [2.75, 3.05) is 18.9 Å². The number of carbonyl (C=O) groups excluding carboxylic acids is 1. The topological polar surface area (TPSA) is 96.2 Å². The molecular weight excluding hydrogens is 208 g/mol. The van der Waals surface area contributed by atoms with E-state index in [0.717, 1.165) is 12.8 Å². The Hall–Kier alpha value is -1.56. The number of rotatable bonds is 2. The van der Waals surface area contributed by atoms with E-state index in [4.69, 9.17) is 16.2 Å². The molecule has 6 heteroatoms. The fourth-order valence-corrected chi connectivity index (χ4v) is 2.08. The number of nitrogens with two attached hydrogens (primary N) is 2. The van der Waals surface area contributed by atoms with E-state index in [2.05, 4.69) is 5.10 Å². The molecular formula is C10H16N4O2. The van der Waals surface area contributed by atoms with Crippen LogP contribution in [-0.2, 0) is 4.74 Å². The molecule has 16 heavy (non-hydrogen) atoms. The van der Waals surface area contributed by atoms with Crippen molar-refractivity contribution in [2.45, 2.75) is 25.8 Å². The van der Waals surface area contributed by atoms with E-state index in [0.29, 0.717) is 30.3 Å². The SMILES string of the molecule is Cc1nn(C2CCOCC2)c(N)c1C(N)=O. The average molecular weight is 224 g/mol. The first kappa shape index (κ1) is 10.9. The Morgan fingerprint density at radius 1 is 1.50 bits per heavy atom. The highest BCUT2D eigenvalue weighted by Crippen LogP contribution is 2.26. The van der Waals surface area contributed by atoms with Crippen molar-refractivity contribution >= 4 is 11.7 Å². The van der Waals surface area contributed by atoms with E-state index < -0.39 is 5.91 Å². The standard InChI is InChI=1S/C10H16N4O2/c1-6-8(10(12)15)9(11)14(13-6)7-2-4-16-5-3-7/h7H,2-5,11H2,1H3,(H2,12,15). The van der Waals surface area contributed by atoms with Crippen LogP contribution in [0.15, 0.2) is 0 Å². The van der Waals surface area contributed by atoms with Crippen LogP contribution in [0.25, 0.3) is 0 Å². The van der Waals surface area contributed by atoms with Gasteiger partial charge in [0.15, 0.2) is 0 Å². The fraction of sp³-hybridized carbons (Fsp3) is 0.600. The molecule has 1 fully saturated rings. The molecule has 1 aliphatic heterocycles. The van der Waals surface area contributed by atoms with Gasteiger partial charge >= 0.3 is 0 Å². The Morgan fingerprint density at radius 3 is 2.62 bits per heavy atom. The van der Waals surface area contributed by atoms with E-state index in [-0.39, 0.29) is 6.04 Å². The van der Waals surface area contributed by atoms with Crippen LogP contribution in [0, 0.1) is 6.92 Å². The summed E-state index contributed by atoms with van der Waals surface area (Å²) in [5.41, 5.74) is 12.1. The Morgan fingerprint density at radius 2 is 2.12 bits per heavy atom. The van der Waals surface area contributed by atoms with Gasteiger partial charge < -0.3 is 16.2 Å². The molecule has 1 aliphatic rings. The minimum atomic E-state index is -0.520. The smallest absolute Gasteiger partial charge is 0.254 e. The van der Waals surface area contributed by atoms with Gasteiger partial charge in [0.05, 0.1) is 11.7 Å². The number of hydrogen-bond acceptors (Lipinski definition) is 4. The van der Waals surface area contributed by atoms with Gasteiger partial charge in [0, 0.05) is 13.2 Å². The summed E-state index contributed by atoms with van der Waals surface area (Å²) in [5.74, 6) is -0.148. The number of ether oxygens (including phenoxy) is 1. The highest BCUT2D eigenvalue weighted by Gasteiger charge is 2.23. The van der Waals surface area contributed by atoms with Crippen LogP contribution < -0.4 is 11.5 Å². The van der Waals surface area contributed by atoms with Gasteiger partial charge in [-0.15, -0.1) is 0 Å². The molecule has 4 N–H and O–H groups in total. The van der Waals surface area contributed by atoms with Crippen LogP contribution in [0.2, 0.25) is 0 Å².